The summed E-state index contributed by atoms with van der Waals surface area (Å²) in [5.74, 6) is 0. The molecular formula is C14H12BrF3N2. The van der Waals surface area contributed by atoms with Crippen LogP contribution < -0.4 is 10.9 Å². The van der Waals surface area contributed by atoms with Gasteiger partial charge in [0.05, 0.1) is 5.56 Å². The average molecular weight is 345 g/mol. The van der Waals surface area contributed by atoms with Crippen LogP contribution in [0.5, 0.6) is 0 Å². The summed E-state index contributed by atoms with van der Waals surface area (Å²) in [5.41, 5.74) is 5.97. The molecule has 0 spiro atoms. The Morgan fingerprint density at radius 2 is 1.70 bits per heavy atom. The first kappa shape index (κ1) is 14.9. The Morgan fingerprint density at radius 1 is 1.00 bits per heavy atom. The van der Waals surface area contributed by atoms with Crippen molar-refractivity contribution >= 4 is 21.6 Å². The van der Waals surface area contributed by atoms with E-state index in [0.717, 1.165) is 11.8 Å². The Hall–Kier alpha value is -1.53. The fourth-order valence-corrected chi connectivity index (χ4v) is 2.16. The summed E-state index contributed by atoms with van der Waals surface area (Å²) in [6.45, 7) is 0.0587. The molecule has 0 saturated carbocycles. The molecule has 0 aromatic heterocycles. The van der Waals surface area contributed by atoms with Gasteiger partial charge in [0.15, 0.2) is 0 Å². The zero-order valence-electron chi connectivity index (χ0n) is 10.3. The van der Waals surface area contributed by atoms with Crippen molar-refractivity contribution in [3.8, 4) is 0 Å². The van der Waals surface area contributed by atoms with Crippen LogP contribution in [0, 0.1) is 0 Å². The number of anilines is 1. The lowest BCUT2D eigenvalue weighted by Gasteiger charge is -2.14. The van der Waals surface area contributed by atoms with Crippen LogP contribution in [0.3, 0.4) is 0 Å². The van der Waals surface area contributed by atoms with E-state index >= 15 is 0 Å². The van der Waals surface area contributed by atoms with Gasteiger partial charge in [-0.1, -0.05) is 34.1 Å². The second-order valence-corrected chi connectivity index (χ2v) is 5.06. The van der Waals surface area contributed by atoms with Crippen molar-refractivity contribution < 1.29 is 13.2 Å². The lowest BCUT2D eigenvalue weighted by molar-refractivity contribution is -0.138. The Bertz CT molecular complexity index is 570. The number of hydrazine groups is 1. The van der Waals surface area contributed by atoms with Gasteiger partial charge in [-0.3, -0.25) is 0 Å². The molecule has 0 aliphatic carbocycles. The van der Waals surface area contributed by atoms with Crippen molar-refractivity contribution in [2.75, 3.05) is 5.43 Å². The van der Waals surface area contributed by atoms with E-state index in [1.165, 1.54) is 12.1 Å². The highest BCUT2D eigenvalue weighted by molar-refractivity contribution is 9.10. The molecule has 2 nitrogen and oxygen atoms in total. The van der Waals surface area contributed by atoms with Crippen LogP contribution in [0.2, 0.25) is 0 Å². The van der Waals surface area contributed by atoms with Crippen molar-refractivity contribution in [3.63, 3.8) is 0 Å². The zero-order chi connectivity index (χ0) is 14.6. The van der Waals surface area contributed by atoms with E-state index in [-0.39, 0.29) is 12.1 Å². The highest BCUT2D eigenvalue weighted by Gasteiger charge is 2.33. The quantitative estimate of drug-likeness (QED) is 0.793. The fourth-order valence-electron chi connectivity index (χ4n) is 1.75. The minimum absolute atomic E-state index is 0.0587. The van der Waals surface area contributed by atoms with Crippen LogP contribution in [0.15, 0.2) is 53.0 Å². The third-order valence-electron chi connectivity index (χ3n) is 2.66. The summed E-state index contributed by atoms with van der Waals surface area (Å²) in [6.07, 6.45) is -4.36. The smallest absolute Gasteiger partial charge is 0.321 e. The number of rotatable bonds is 4. The van der Waals surface area contributed by atoms with Crippen LogP contribution in [0.4, 0.5) is 18.9 Å². The molecule has 0 amide bonds. The fraction of sp³-hybridized carbons (Fsp3) is 0.143. The predicted octanol–water partition coefficient (Wildman–Crippen LogP) is 4.58. The first-order valence-electron chi connectivity index (χ1n) is 5.86. The Kier molecular flexibility index (Phi) is 4.67. The molecule has 20 heavy (non-hydrogen) atoms. The van der Waals surface area contributed by atoms with E-state index in [9.17, 15) is 13.2 Å². The van der Waals surface area contributed by atoms with E-state index in [1.807, 2.05) is 30.3 Å². The summed E-state index contributed by atoms with van der Waals surface area (Å²) in [5, 5.41) is 0. The van der Waals surface area contributed by atoms with Crippen LogP contribution in [-0.2, 0) is 12.7 Å². The lowest BCUT2D eigenvalue weighted by atomic mass is 10.1. The maximum absolute atomic E-state index is 12.9. The number of hydrogen-bond donors (Lipinski definition) is 2. The standard InChI is InChI=1S/C14H12BrF3N2/c15-11-6-7-13(14(16,17)18)10(8-11)9-19-20-12-4-2-1-3-5-12/h1-8,19-20H,9H2. The van der Waals surface area contributed by atoms with Gasteiger partial charge < -0.3 is 5.43 Å². The summed E-state index contributed by atoms with van der Waals surface area (Å²) in [7, 11) is 0. The van der Waals surface area contributed by atoms with E-state index < -0.39 is 11.7 Å². The van der Waals surface area contributed by atoms with Crippen molar-refractivity contribution in [1.29, 1.82) is 0 Å². The topological polar surface area (TPSA) is 24.1 Å². The molecule has 2 rings (SSSR count). The number of alkyl halides is 3. The molecule has 0 bridgehead atoms. The molecule has 2 aromatic rings. The highest BCUT2D eigenvalue weighted by Crippen LogP contribution is 2.33. The largest absolute Gasteiger partial charge is 0.416 e. The molecule has 0 saturated heterocycles. The minimum Gasteiger partial charge on any atom is -0.321 e. The maximum Gasteiger partial charge on any atom is 0.416 e. The third-order valence-corrected chi connectivity index (χ3v) is 3.15. The summed E-state index contributed by atoms with van der Waals surface area (Å²) < 4.78 is 39.2. The van der Waals surface area contributed by atoms with Crippen LogP contribution in [0.25, 0.3) is 0 Å². The summed E-state index contributed by atoms with van der Waals surface area (Å²) in [4.78, 5) is 0. The molecule has 0 aliphatic heterocycles. The van der Waals surface area contributed by atoms with Gasteiger partial charge in [0.2, 0.25) is 0 Å². The molecule has 2 N–H and O–H groups in total. The molecular weight excluding hydrogens is 333 g/mol. The second-order valence-electron chi connectivity index (χ2n) is 4.14. The number of hydrogen-bond acceptors (Lipinski definition) is 2. The van der Waals surface area contributed by atoms with Crippen LogP contribution in [0.1, 0.15) is 11.1 Å². The van der Waals surface area contributed by atoms with Gasteiger partial charge in [0, 0.05) is 16.7 Å². The van der Waals surface area contributed by atoms with Gasteiger partial charge in [0.25, 0.3) is 0 Å². The number of nitrogens with one attached hydrogen (secondary N) is 2. The van der Waals surface area contributed by atoms with Gasteiger partial charge in [-0.2, -0.15) is 13.2 Å². The predicted molar refractivity (Wildman–Crippen MR) is 76.0 cm³/mol. The lowest BCUT2D eigenvalue weighted by Crippen LogP contribution is -2.23. The van der Waals surface area contributed by atoms with Crippen molar-refractivity contribution in [2.24, 2.45) is 0 Å². The molecule has 2 aromatic carbocycles. The molecule has 106 valence electrons. The number of benzene rings is 2. The van der Waals surface area contributed by atoms with E-state index in [1.54, 1.807) is 0 Å². The Balaban J connectivity index is 2.07. The third kappa shape index (κ3) is 3.98. The van der Waals surface area contributed by atoms with Crippen LogP contribution >= 0.6 is 15.9 Å². The molecule has 0 fully saturated rings. The molecule has 0 heterocycles. The van der Waals surface area contributed by atoms with Gasteiger partial charge >= 0.3 is 6.18 Å². The zero-order valence-corrected chi connectivity index (χ0v) is 11.9. The molecule has 0 radical (unpaired) electrons. The van der Waals surface area contributed by atoms with Gasteiger partial charge in [-0.15, -0.1) is 0 Å². The maximum atomic E-state index is 12.9. The van der Waals surface area contributed by atoms with Crippen molar-refractivity contribution in [2.45, 2.75) is 12.7 Å². The van der Waals surface area contributed by atoms with Crippen LogP contribution in [-0.4, -0.2) is 0 Å². The summed E-state index contributed by atoms with van der Waals surface area (Å²) in [6, 6.07) is 13.1. The Labute approximate surface area is 123 Å². The van der Waals surface area contributed by atoms with E-state index in [2.05, 4.69) is 26.8 Å². The average Bonchev–Trinajstić information content (AvgIpc) is 2.38. The first-order valence-corrected chi connectivity index (χ1v) is 6.65. The molecule has 0 atom stereocenters. The van der Waals surface area contributed by atoms with Crippen molar-refractivity contribution in [3.05, 3.63) is 64.1 Å². The first-order chi connectivity index (χ1) is 9.47. The second kappa shape index (κ2) is 6.28. The number of para-hydroxylation sites is 1. The van der Waals surface area contributed by atoms with E-state index in [4.69, 9.17) is 0 Å². The SMILES string of the molecule is FC(F)(F)c1ccc(Br)cc1CNNc1ccccc1. The molecule has 0 aliphatic rings. The van der Waals surface area contributed by atoms with Crippen molar-refractivity contribution in [1.82, 2.24) is 5.43 Å². The molecule has 0 unspecified atom stereocenters. The van der Waals surface area contributed by atoms with Gasteiger partial charge in [-0.25, -0.2) is 5.43 Å². The normalized spacial score (nSPS) is 11.4. The van der Waals surface area contributed by atoms with Gasteiger partial charge in [0.1, 0.15) is 0 Å². The van der Waals surface area contributed by atoms with E-state index in [0.29, 0.717) is 4.47 Å². The monoisotopic (exact) mass is 344 g/mol. The van der Waals surface area contributed by atoms with Gasteiger partial charge in [-0.05, 0) is 35.9 Å². The Morgan fingerprint density at radius 3 is 2.35 bits per heavy atom. The molecule has 6 heteroatoms. The highest BCUT2D eigenvalue weighted by atomic mass is 79.9. The summed E-state index contributed by atoms with van der Waals surface area (Å²) >= 11 is 3.18. The number of halogens is 4. The minimum atomic E-state index is -4.36.